The van der Waals surface area contributed by atoms with Crippen LogP contribution in [0.25, 0.3) is 11.0 Å². The lowest BCUT2D eigenvalue weighted by molar-refractivity contribution is -0.697. The third kappa shape index (κ3) is 4.42. The van der Waals surface area contributed by atoms with Gasteiger partial charge in [0.1, 0.15) is 11.3 Å². The molecule has 0 amide bonds. The summed E-state index contributed by atoms with van der Waals surface area (Å²) in [5.41, 5.74) is 1.15. The van der Waals surface area contributed by atoms with Gasteiger partial charge in [0.15, 0.2) is 18.9 Å². The number of hydrogen-bond acceptors (Lipinski definition) is 3. The zero-order chi connectivity index (χ0) is 15.4. The fraction of sp³-hybridized carbons (Fsp3) is 0.222. The first-order chi connectivity index (χ1) is 10.7. The standard InChI is InChI=1S/C18H18NO3.BrH/c1-14-12-18(20)22-17-13-15(6-7-16(14)17)21-11-5-10-19-8-3-2-4-9-19;/h2-4,6-9,12-13H,5,10-11H2,1H3;1H/q+1;/p-1. The molecule has 0 atom stereocenters. The number of nitrogens with zero attached hydrogens (tertiary/aromatic N) is 1. The van der Waals surface area contributed by atoms with Crippen LogP contribution < -0.4 is 31.9 Å². The van der Waals surface area contributed by atoms with Gasteiger partial charge in [-0.25, -0.2) is 9.36 Å². The summed E-state index contributed by atoms with van der Waals surface area (Å²) in [5.74, 6) is 0.722. The van der Waals surface area contributed by atoms with Gasteiger partial charge in [0.05, 0.1) is 6.61 Å². The third-order valence-corrected chi connectivity index (χ3v) is 3.53. The molecule has 5 heteroatoms. The average Bonchev–Trinajstić information content (AvgIpc) is 2.52. The van der Waals surface area contributed by atoms with E-state index in [9.17, 15) is 4.79 Å². The van der Waals surface area contributed by atoms with E-state index in [0.29, 0.717) is 12.2 Å². The first-order valence-electron chi connectivity index (χ1n) is 7.34. The van der Waals surface area contributed by atoms with Crippen molar-refractivity contribution in [3.8, 4) is 5.75 Å². The molecule has 0 aliphatic carbocycles. The van der Waals surface area contributed by atoms with Crippen LogP contribution in [0.1, 0.15) is 12.0 Å². The highest BCUT2D eigenvalue weighted by Crippen LogP contribution is 2.22. The molecule has 120 valence electrons. The van der Waals surface area contributed by atoms with Gasteiger partial charge >= 0.3 is 5.63 Å². The average molecular weight is 376 g/mol. The predicted molar refractivity (Wildman–Crippen MR) is 84.0 cm³/mol. The zero-order valence-corrected chi connectivity index (χ0v) is 14.5. The molecule has 0 saturated heterocycles. The second kappa shape index (κ2) is 7.92. The van der Waals surface area contributed by atoms with Crippen LogP contribution in [-0.2, 0) is 6.54 Å². The lowest BCUT2D eigenvalue weighted by Gasteiger charge is -2.06. The van der Waals surface area contributed by atoms with Crippen molar-refractivity contribution in [2.75, 3.05) is 6.61 Å². The van der Waals surface area contributed by atoms with Crippen molar-refractivity contribution in [1.82, 2.24) is 0 Å². The predicted octanol–water partition coefficient (Wildman–Crippen LogP) is -0.138. The van der Waals surface area contributed by atoms with Crippen molar-refractivity contribution in [1.29, 1.82) is 0 Å². The lowest BCUT2D eigenvalue weighted by Crippen LogP contribution is -3.00. The summed E-state index contributed by atoms with van der Waals surface area (Å²) < 4.78 is 13.1. The van der Waals surface area contributed by atoms with Crippen LogP contribution in [0.3, 0.4) is 0 Å². The molecule has 3 rings (SSSR count). The van der Waals surface area contributed by atoms with Crippen molar-refractivity contribution in [2.24, 2.45) is 0 Å². The number of pyridine rings is 1. The van der Waals surface area contributed by atoms with Gasteiger partial charge in [-0.2, -0.15) is 0 Å². The maximum atomic E-state index is 11.4. The van der Waals surface area contributed by atoms with Gasteiger partial charge in [-0.1, -0.05) is 6.07 Å². The Morgan fingerprint density at radius 1 is 1.13 bits per heavy atom. The molecular formula is C18H18BrNO3. The molecule has 2 aromatic heterocycles. The largest absolute Gasteiger partial charge is 1.00 e. The SMILES string of the molecule is Cc1cc(=O)oc2cc(OCCC[n+]3ccccc3)ccc12.[Br-]. The van der Waals surface area contributed by atoms with E-state index in [4.69, 9.17) is 9.15 Å². The first-order valence-corrected chi connectivity index (χ1v) is 7.34. The number of aromatic nitrogens is 1. The normalized spacial score (nSPS) is 10.3. The van der Waals surface area contributed by atoms with Crippen molar-refractivity contribution in [2.45, 2.75) is 19.9 Å². The Morgan fingerprint density at radius 2 is 1.91 bits per heavy atom. The van der Waals surface area contributed by atoms with Crippen LogP contribution in [-0.4, -0.2) is 6.61 Å². The molecule has 0 radical (unpaired) electrons. The van der Waals surface area contributed by atoms with Crippen LogP contribution in [0.15, 0.2) is 64.1 Å². The molecule has 4 nitrogen and oxygen atoms in total. The maximum Gasteiger partial charge on any atom is 0.336 e. The van der Waals surface area contributed by atoms with Crippen molar-refractivity contribution in [3.05, 3.63) is 70.8 Å². The summed E-state index contributed by atoms with van der Waals surface area (Å²) in [4.78, 5) is 11.4. The summed E-state index contributed by atoms with van der Waals surface area (Å²) in [6.45, 7) is 3.42. The molecule has 2 heterocycles. The Morgan fingerprint density at radius 3 is 2.70 bits per heavy atom. The molecule has 0 fully saturated rings. The van der Waals surface area contributed by atoms with E-state index in [1.54, 1.807) is 6.07 Å². The number of ether oxygens (including phenoxy) is 1. The molecule has 1 aromatic carbocycles. The summed E-state index contributed by atoms with van der Waals surface area (Å²) >= 11 is 0. The van der Waals surface area contributed by atoms with Gasteiger partial charge in [0.2, 0.25) is 0 Å². The van der Waals surface area contributed by atoms with Gasteiger partial charge in [0.25, 0.3) is 0 Å². The van der Waals surface area contributed by atoms with Crippen LogP contribution in [0.2, 0.25) is 0 Å². The Hall–Kier alpha value is -2.14. The van der Waals surface area contributed by atoms with Crippen molar-refractivity contribution >= 4 is 11.0 Å². The third-order valence-electron chi connectivity index (χ3n) is 3.53. The minimum atomic E-state index is -0.331. The van der Waals surface area contributed by atoms with Crippen LogP contribution in [0, 0.1) is 6.92 Å². The van der Waals surface area contributed by atoms with E-state index < -0.39 is 0 Å². The van der Waals surface area contributed by atoms with E-state index in [1.165, 1.54) is 6.07 Å². The van der Waals surface area contributed by atoms with Crippen LogP contribution in [0.4, 0.5) is 0 Å². The topological polar surface area (TPSA) is 43.3 Å². The number of hydrogen-bond donors (Lipinski definition) is 0. The van der Waals surface area contributed by atoms with Crippen LogP contribution >= 0.6 is 0 Å². The van der Waals surface area contributed by atoms with E-state index in [0.717, 1.165) is 29.7 Å². The highest BCUT2D eigenvalue weighted by molar-refractivity contribution is 5.81. The highest BCUT2D eigenvalue weighted by Gasteiger charge is 2.04. The summed E-state index contributed by atoms with van der Waals surface area (Å²) in [6.07, 6.45) is 4.98. The highest BCUT2D eigenvalue weighted by atomic mass is 79.9. The Kier molecular flexibility index (Phi) is 5.93. The number of rotatable bonds is 5. The van der Waals surface area contributed by atoms with Crippen LogP contribution in [0.5, 0.6) is 5.75 Å². The zero-order valence-electron chi connectivity index (χ0n) is 12.9. The van der Waals surface area contributed by atoms with Crippen molar-refractivity contribution < 1.29 is 30.7 Å². The minimum absolute atomic E-state index is 0. The van der Waals surface area contributed by atoms with Crippen molar-refractivity contribution in [3.63, 3.8) is 0 Å². The maximum absolute atomic E-state index is 11.4. The molecule has 0 N–H and O–H groups in total. The van der Waals surface area contributed by atoms with E-state index in [1.807, 2.05) is 49.6 Å². The fourth-order valence-corrected chi connectivity index (χ4v) is 2.42. The van der Waals surface area contributed by atoms with Gasteiger partial charge in [0, 0.05) is 36.1 Å². The molecule has 0 saturated carbocycles. The molecule has 23 heavy (non-hydrogen) atoms. The van der Waals surface area contributed by atoms with Gasteiger partial charge in [-0.15, -0.1) is 0 Å². The number of halogens is 1. The fourth-order valence-electron chi connectivity index (χ4n) is 2.42. The summed E-state index contributed by atoms with van der Waals surface area (Å²) in [6, 6.07) is 13.1. The Balaban J connectivity index is 0.00000192. The first kappa shape index (κ1) is 17.2. The summed E-state index contributed by atoms with van der Waals surface area (Å²) in [7, 11) is 0. The molecule has 0 aliphatic heterocycles. The molecule has 0 bridgehead atoms. The lowest BCUT2D eigenvalue weighted by atomic mass is 10.1. The quantitative estimate of drug-likeness (QED) is 0.354. The van der Waals surface area contributed by atoms with E-state index in [2.05, 4.69) is 4.57 Å². The monoisotopic (exact) mass is 375 g/mol. The molecule has 0 spiro atoms. The van der Waals surface area contributed by atoms with Gasteiger partial charge in [-0.05, 0) is 24.6 Å². The smallest absolute Gasteiger partial charge is 0.336 e. The number of benzene rings is 1. The molecular weight excluding hydrogens is 358 g/mol. The van der Waals surface area contributed by atoms with E-state index in [-0.39, 0.29) is 22.6 Å². The summed E-state index contributed by atoms with van der Waals surface area (Å²) in [5, 5.41) is 0.937. The second-order valence-corrected chi connectivity index (χ2v) is 5.22. The Labute approximate surface area is 145 Å². The molecule has 3 aromatic rings. The molecule has 0 unspecified atom stereocenters. The van der Waals surface area contributed by atoms with Gasteiger partial charge < -0.3 is 26.1 Å². The Bertz CT molecular complexity index is 831. The number of aryl methyl sites for hydroxylation is 2. The van der Waals surface area contributed by atoms with E-state index >= 15 is 0 Å². The molecule has 0 aliphatic rings. The second-order valence-electron chi connectivity index (χ2n) is 5.22. The minimum Gasteiger partial charge on any atom is -1.00 e. The van der Waals surface area contributed by atoms with Gasteiger partial charge in [-0.3, -0.25) is 0 Å². The number of fused-ring (bicyclic) bond motifs is 1.